The molecule has 1 saturated heterocycles. The summed E-state index contributed by atoms with van der Waals surface area (Å²) >= 11 is 0. The maximum absolute atomic E-state index is 11.3. The van der Waals surface area contributed by atoms with Gasteiger partial charge in [0.05, 0.1) is 5.54 Å². The third-order valence-electron chi connectivity index (χ3n) is 4.12. The quantitative estimate of drug-likeness (QED) is 0.728. The molecule has 0 aromatic heterocycles. The van der Waals surface area contributed by atoms with Crippen molar-refractivity contribution in [1.29, 1.82) is 0 Å². The number of nitrogens with two attached hydrogens (primary N) is 1. The van der Waals surface area contributed by atoms with E-state index in [-0.39, 0.29) is 5.91 Å². The number of amides is 1. The Morgan fingerprint density at radius 1 is 1.47 bits per heavy atom. The number of rotatable bonds is 6. The summed E-state index contributed by atoms with van der Waals surface area (Å²) in [5, 5.41) is 3.03. The van der Waals surface area contributed by atoms with E-state index in [0.717, 1.165) is 25.3 Å². The highest BCUT2D eigenvalue weighted by Crippen LogP contribution is 2.17. The van der Waals surface area contributed by atoms with Gasteiger partial charge in [0.25, 0.3) is 0 Å². The Morgan fingerprint density at radius 2 is 2.06 bits per heavy atom. The lowest BCUT2D eigenvalue weighted by Crippen LogP contribution is -2.51. The van der Waals surface area contributed by atoms with Crippen LogP contribution in [0.2, 0.25) is 0 Å². The summed E-state index contributed by atoms with van der Waals surface area (Å²) in [5.74, 6) is 0.617. The van der Waals surface area contributed by atoms with E-state index in [0.29, 0.717) is 0 Å². The summed E-state index contributed by atoms with van der Waals surface area (Å²) in [5.41, 5.74) is 4.85. The molecular weight excluding hydrogens is 214 g/mol. The van der Waals surface area contributed by atoms with Crippen molar-refractivity contribution in [2.45, 2.75) is 45.1 Å². The Kier molecular flexibility index (Phi) is 5.40. The van der Waals surface area contributed by atoms with Crippen molar-refractivity contribution >= 4 is 5.91 Å². The predicted molar refractivity (Wildman–Crippen MR) is 70.7 cm³/mol. The van der Waals surface area contributed by atoms with E-state index in [2.05, 4.69) is 17.1 Å². The Balaban J connectivity index is 2.25. The molecule has 0 aliphatic carbocycles. The predicted octanol–water partition coefficient (Wildman–Crippen LogP) is 0.962. The number of likely N-dealkylation sites (tertiary alicyclic amines) is 1. The van der Waals surface area contributed by atoms with Crippen LogP contribution in [0.4, 0.5) is 0 Å². The third kappa shape index (κ3) is 4.28. The second kappa shape index (κ2) is 6.36. The van der Waals surface area contributed by atoms with Gasteiger partial charge < -0.3 is 16.0 Å². The molecular formula is C13H27N3O. The molecule has 17 heavy (non-hydrogen) atoms. The smallest absolute Gasteiger partial charge is 0.237 e. The molecule has 100 valence electrons. The van der Waals surface area contributed by atoms with Crippen LogP contribution >= 0.6 is 0 Å². The zero-order chi connectivity index (χ0) is 12.9. The van der Waals surface area contributed by atoms with Crippen molar-refractivity contribution in [2.24, 2.45) is 11.7 Å². The van der Waals surface area contributed by atoms with Crippen LogP contribution < -0.4 is 11.1 Å². The SMILES string of the molecule is CNC(C)(CCCN1CCC(C)CC1)C(N)=O. The Labute approximate surface area is 105 Å². The number of nitrogens with one attached hydrogen (secondary N) is 1. The van der Waals surface area contributed by atoms with Crippen LogP contribution in [0, 0.1) is 5.92 Å². The van der Waals surface area contributed by atoms with Crippen LogP contribution in [-0.4, -0.2) is 43.0 Å². The van der Waals surface area contributed by atoms with Crippen molar-refractivity contribution in [3.8, 4) is 0 Å². The summed E-state index contributed by atoms with van der Waals surface area (Å²) < 4.78 is 0. The highest BCUT2D eigenvalue weighted by Gasteiger charge is 2.28. The topological polar surface area (TPSA) is 58.4 Å². The van der Waals surface area contributed by atoms with Gasteiger partial charge in [-0.05, 0) is 65.2 Å². The van der Waals surface area contributed by atoms with E-state index in [9.17, 15) is 4.79 Å². The van der Waals surface area contributed by atoms with E-state index in [1.165, 1.54) is 25.9 Å². The molecule has 1 aliphatic rings. The first-order valence-corrected chi connectivity index (χ1v) is 6.69. The molecule has 1 rings (SSSR count). The highest BCUT2D eigenvalue weighted by molar-refractivity contribution is 5.84. The van der Waals surface area contributed by atoms with E-state index in [1.54, 1.807) is 7.05 Å². The number of primary amides is 1. The monoisotopic (exact) mass is 241 g/mol. The summed E-state index contributed by atoms with van der Waals surface area (Å²) in [6.45, 7) is 7.69. The second-order valence-corrected chi connectivity index (χ2v) is 5.57. The fourth-order valence-electron chi connectivity index (χ4n) is 2.31. The first-order chi connectivity index (χ1) is 7.98. The second-order valence-electron chi connectivity index (χ2n) is 5.57. The molecule has 1 fully saturated rings. The normalized spacial score (nSPS) is 22.3. The van der Waals surface area contributed by atoms with Gasteiger partial charge in [-0.15, -0.1) is 0 Å². The minimum Gasteiger partial charge on any atom is -0.368 e. The number of carbonyl (C=O) groups excluding carboxylic acids is 1. The van der Waals surface area contributed by atoms with Crippen LogP contribution in [0.25, 0.3) is 0 Å². The van der Waals surface area contributed by atoms with E-state index in [1.807, 2.05) is 6.92 Å². The molecule has 1 atom stereocenters. The first kappa shape index (κ1) is 14.5. The fraction of sp³-hybridized carbons (Fsp3) is 0.923. The Morgan fingerprint density at radius 3 is 2.53 bits per heavy atom. The van der Waals surface area contributed by atoms with Crippen LogP contribution in [0.5, 0.6) is 0 Å². The van der Waals surface area contributed by atoms with Crippen LogP contribution in [0.3, 0.4) is 0 Å². The number of likely N-dealkylation sites (N-methyl/N-ethyl adjacent to an activating group) is 1. The van der Waals surface area contributed by atoms with Gasteiger partial charge >= 0.3 is 0 Å². The van der Waals surface area contributed by atoms with Gasteiger partial charge in [0, 0.05) is 0 Å². The lowest BCUT2D eigenvalue weighted by Gasteiger charge is -2.31. The van der Waals surface area contributed by atoms with Crippen LogP contribution in [0.15, 0.2) is 0 Å². The van der Waals surface area contributed by atoms with Gasteiger partial charge in [0.15, 0.2) is 0 Å². The number of hydrogen-bond donors (Lipinski definition) is 2. The van der Waals surface area contributed by atoms with Crippen LogP contribution in [0.1, 0.15) is 39.5 Å². The maximum Gasteiger partial charge on any atom is 0.237 e. The zero-order valence-electron chi connectivity index (χ0n) is 11.5. The molecule has 1 aliphatic heterocycles. The Hall–Kier alpha value is -0.610. The average molecular weight is 241 g/mol. The van der Waals surface area contributed by atoms with Crippen LogP contribution in [-0.2, 0) is 4.79 Å². The van der Waals surface area contributed by atoms with Crippen molar-refractivity contribution in [2.75, 3.05) is 26.7 Å². The van der Waals surface area contributed by atoms with E-state index < -0.39 is 5.54 Å². The van der Waals surface area contributed by atoms with Crippen molar-refractivity contribution < 1.29 is 4.79 Å². The molecule has 0 spiro atoms. The molecule has 4 nitrogen and oxygen atoms in total. The summed E-state index contributed by atoms with van der Waals surface area (Å²) in [7, 11) is 1.80. The van der Waals surface area contributed by atoms with Crippen molar-refractivity contribution in [1.82, 2.24) is 10.2 Å². The molecule has 4 heteroatoms. The van der Waals surface area contributed by atoms with Crippen molar-refractivity contribution in [3.05, 3.63) is 0 Å². The van der Waals surface area contributed by atoms with Gasteiger partial charge in [-0.25, -0.2) is 0 Å². The number of hydrogen-bond acceptors (Lipinski definition) is 3. The summed E-state index contributed by atoms with van der Waals surface area (Å²) in [6.07, 6.45) is 4.44. The number of nitrogens with zero attached hydrogens (tertiary/aromatic N) is 1. The average Bonchev–Trinajstić information content (AvgIpc) is 2.31. The highest BCUT2D eigenvalue weighted by atomic mass is 16.1. The maximum atomic E-state index is 11.3. The minimum atomic E-state index is -0.553. The largest absolute Gasteiger partial charge is 0.368 e. The van der Waals surface area contributed by atoms with Gasteiger partial charge in [-0.1, -0.05) is 6.92 Å². The molecule has 0 aromatic carbocycles. The van der Waals surface area contributed by atoms with Gasteiger partial charge in [-0.3, -0.25) is 4.79 Å². The summed E-state index contributed by atoms with van der Waals surface area (Å²) in [4.78, 5) is 13.8. The number of piperidine rings is 1. The molecule has 1 unspecified atom stereocenters. The lowest BCUT2D eigenvalue weighted by atomic mass is 9.94. The van der Waals surface area contributed by atoms with E-state index in [4.69, 9.17) is 5.73 Å². The molecule has 0 saturated carbocycles. The molecule has 1 heterocycles. The van der Waals surface area contributed by atoms with E-state index >= 15 is 0 Å². The molecule has 0 radical (unpaired) electrons. The number of carbonyl (C=O) groups is 1. The van der Waals surface area contributed by atoms with Gasteiger partial charge in [0.1, 0.15) is 0 Å². The minimum absolute atomic E-state index is 0.257. The zero-order valence-corrected chi connectivity index (χ0v) is 11.5. The van der Waals surface area contributed by atoms with Gasteiger partial charge in [-0.2, -0.15) is 0 Å². The van der Waals surface area contributed by atoms with Gasteiger partial charge in [0.2, 0.25) is 5.91 Å². The molecule has 3 N–H and O–H groups in total. The van der Waals surface area contributed by atoms with Crippen molar-refractivity contribution in [3.63, 3.8) is 0 Å². The third-order valence-corrected chi connectivity index (χ3v) is 4.12. The molecule has 0 aromatic rings. The first-order valence-electron chi connectivity index (χ1n) is 6.69. The molecule has 1 amide bonds. The summed E-state index contributed by atoms with van der Waals surface area (Å²) in [6, 6.07) is 0. The molecule has 0 bridgehead atoms. The lowest BCUT2D eigenvalue weighted by molar-refractivity contribution is -0.123. The standard InChI is InChI=1S/C13H27N3O/c1-11-5-9-16(10-6-11)8-4-7-13(2,15-3)12(14)17/h11,15H,4-10H2,1-3H3,(H2,14,17). The fourth-order valence-corrected chi connectivity index (χ4v) is 2.31. The Bertz CT molecular complexity index is 249.